The summed E-state index contributed by atoms with van der Waals surface area (Å²) < 4.78 is 0. The maximum Gasteiger partial charge on any atom is 0.265 e. The predicted molar refractivity (Wildman–Crippen MR) is 52.3 cm³/mol. The third-order valence-corrected chi connectivity index (χ3v) is 2.04. The average molecular weight is 189 g/mol. The van der Waals surface area contributed by atoms with Gasteiger partial charge in [0, 0.05) is 5.56 Å². The summed E-state index contributed by atoms with van der Waals surface area (Å²) in [5.41, 5.74) is 4.70. The molecule has 3 N–H and O–H groups in total. The highest BCUT2D eigenvalue weighted by Gasteiger charge is 2.08. The summed E-state index contributed by atoms with van der Waals surface area (Å²) in [5.74, 6) is 4.66. The van der Waals surface area contributed by atoms with E-state index in [9.17, 15) is 4.79 Å². The molecule has 1 rings (SSSR count). The fourth-order valence-corrected chi connectivity index (χ4v) is 1.35. The first-order valence-corrected chi connectivity index (χ1v) is 4.12. The minimum absolute atomic E-state index is 0.347. The Balaban J connectivity index is 3.29. The van der Waals surface area contributed by atoms with E-state index in [1.54, 1.807) is 26.0 Å². The van der Waals surface area contributed by atoms with Gasteiger partial charge in [0.05, 0.1) is 11.6 Å². The molecule has 0 unspecified atom stereocenters. The highest BCUT2D eigenvalue weighted by molar-refractivity contribution is 5.94. The van der Waals surface area contributed by atoms with Crippen LogP contribution in [0.1, 0.15) is 27.0 Å². The molecule has 0 radical (unpaired) electrons. The van der Waals surface area contributed by atoms with E-state index in [1.807, 2.05) is 0 Å². The Morgan fingerprint density at radius 3 is 2.29 bits per heavy atom. The van der Waals surface area contributed by atoms with Crippen LogP contribution in [-0.4, -0.2) is 5.91 Å². The molecule has 0 spiro atoms. The van der Waals surface area contributed by atoms with Crippen LogP contribution in [-0.2, 0) is 0 Å². The van der Waals surface area contributed by atoms with Gasteiger partial charge in [-0.1, -0.05) is 0 Å². The smallest absolute Gasteiger partial charge is 0.265 e. The second kappa shape index (κ2) is 3.90. The van der Waals surface area contributed by atoms with Crippen molar-refractivity contribution in [3.63, 3.8) is 0 Å². The number of hydrogen-bond acceptors (Lipinski definition) is 3. The number of hydrogen-bond donors (Lipinski definition) is 2. The number of nitrogen functional groups attached to an aromatic ring is 1. The second-order valence-corrected chi connectivity index (χ2v) is 3.07. The lowest BCUT2D eigenvalue weighted by molar-refractivity contribution is 0.0953. The van der Waals surface area contributed by atoms with Crippen LogP contribution in [0.3, 0.4) is 0 Å². The van der Waals surface area contributed by atoms with Crippen LogP contribution < -0.4 is 11.3 Å². The number of hydrazine groups is 1. The van der Waals surface area contributed by atoms with Crippen molar-refractivity contribution in [3.8, 4) is 6.07 Å². The van der Waals surface area contributed by atoms with E-state index in [1.165, 1.54) is 0 Å². The number of nitriles is 1. The zero-order valence-corrected chi connectivity index (χ0v) is 8.09. The molecule has 0 bridgehead atoms. The normalized spacial score (nSPS) is 9.29. The Hall–Kier alpha value is -1.86. The largest absolute Gasteiger partial charge is 0.290 e. The second-order valence-electron chi connectivity index (χ2n) is 3.07. The van der Waals surface area contributed by atoms with E-state index in [-0.39, 0.29) is 5.91 Å². The number of carbonyl (C=O) groups is 1. The van der Waals surface area contributed by atoms with E-state index in [4.69, 9.17) is 11.1 Å². The lowest BCUT2D eigenvalue weighted by Gasteiger charge is -2.05. The van der Waals surface area contributed by atoms with Gasteiger partial charge in [0.2, 0.25) is 0 Å². The number of aryl methyl sites for hydroxylation is 2. The number of carbonyl (C=O) groups excluding carboxylic acids is 1. The molecule has 14 heavy (non-hydrogen) atoms. The molecular weight excluding hydrogens is 178 g/mol. The molecule has 0 aliphatic heterocycles. The molecule has 0 fully saturated rings. The minimum atomic E-state index is -0.347. The predicted octanol–water partition coefficient (Wildman–Crippen LogP) is 0.779. The topological polar surface area (TPSA) is 78.9 Å². The van der Waals surface area contributed by atoms with Crippen molar-refractivity contribution in [2.24, 2.45) is 5.84 Å². The molecular formula is C10H11N3O. The Morgan fingerprint density at radius 1 is 1.43 bits per heavy atom. The van der Waals surface area contributed by atoms with Gasteiger partial charge >= 0.3 is 0 Å². The maximum atomic E-state index is 11.2. The molecule has 1 amide bonds. The molecule has 1 aromatic carbocycles. The number of nitrogens with one attached hydrogen (secondary N) is 1. The van der Waals surface area contributed by atoms with Crippen LogP contribution in [0.5, 0.6) is 0 Å². The first kappa shape index (κ1) is 10.2. The SMILES string of the molecule is Cc1cc(C(=O)NN)cc(C)c1C#N. The van der Waals surface area contributed by atoms with Gasteiger partial charge in [0.25, 0.3) is 5.91 Å². The molecule has 0 atom stereocenters. The van der Waals surface area contributed by atoms with Crippen LogP contribution in [0.2, 0.25) is 0 Å². The van der Waals surface area contributed by atoms with Gasteiger partial charge in [-0.15, -0.1) is 0 Å². The van der Waals surface area contributed by atoms with Crippen LogP contribution >= 0.6 is 0 Å². The van der Waals surface area contributed by atoms with Crippen molar-refractivity contribution in [2.75, 3.05) is 0 Å². The third-order valence-electron chi connectivity index (χ3n) is 2.04. The van der Waals surface area contributed by atoms with Crippen LogP contribution in [0.15, 0.2) is 12.1 Å². The minimum Gasteiger partial charge on any atom is -0.290 e. The molecule has 0 saturated carbocycles. The van der Waals surface area contributed by atoms with E-state index >= 15 is 0 Å². The zero-order valence-electron chi connectivity index (χ0n) is 8.09. The zero-order chi connectivity index (χ0) is 10.7. The standard InChI is InChI=1S/C10H11N3O/c1-6-3-8(10(14)13-12)4-7(2)9(6)5-11/h3-4H,12H2,1-2H3,(H,13,14). The first-order chi connectivity index (χ1) is 6.60. The molecule has 0 aromatic heterocycles. The summed E-state index contributed by atoms with van der Waals surface area (Å²) in [7, 11) is 0. The summed E-state index contributed by atoms with van der Waals surface area (Å²) >= 11 is 0. The first-order valence-electron chi connectivity index (χ1n) is 4.12. The Bertz CT molecular complexity index is 395. The van der Waals surface area contributed by atoms with E-state index in [2.05, 4.69) is 11.5 Å². The van der Waals surface area contributed by atoms with Crippen molar-refractivity contribution in [1.29, 1.82) is 5.26 Å². The van der Waals surface area contributed by atoms with Gasteiger partial charge in [-0.05, 0) is 37.1 Å². The van der Waals surface area contributed by atoms with E-state index in [0.717, 1.165) is 11.1 Å². The summed E-state index contributed by atoms with van der Waals surface area (Å²) in [4.78, 5) is 11.2. The Kier molecular flexibility index (Phi) is 2.85. The molecule has 1 aromatic rings. The number of nitrogens with two attached hydrogens (primary N) is 1. The van der Waals surface area contributed by atoms with Gasteiger partial charge in [-0.25, -0.2) is 5.84 Å². The highest BCUT2D eigenvalue weighted by Crippen LogP contribution is 2.15. The summed E-state index contributed by atoms with van der Waals surface area (Å²) in [6.07, 6.45) is 0. The molecule has 72 valence electrons. The van der Waals surface area contributed by atoms with Crippen molar-refractivity contribution >= 4 is 5.91 Å². The molecule has 0 aliphatic carbocycles. The summed E-state index contributed by atoms with van der Waals surface area (Å²) in [5, 5.41) is 8.81. The third kappa shape index (κ3) is 1.73. The molecule has 0 aliphatic rings. The van der Waals surface area contributed by atoms with Crippen LogP contribution in [0.4, 0.5) is 0 Å². The van der Waals surface area contributed by atoms with Crippen molar-refractivity contribution in [2.45, 2.75) is 13.8 Å². The number of nitrogens with zero attached hydrogens (tertiary/aromatic N) is 1. The summed E-state index contributed by atoms with van der Waals surface area (Å²) in [6.45, 7) is 3.58. The van der Waals surface area contributed by atoms with Crippen LogP contribution in [0.25, 0.3) is 0 Å². The van der Waals surface area contributed by atoms with Gasteiger partial charge in [0.15, 0.2) is 0 Å². The van der Waals surface area contributed by atoms with Crippen LogP contribution in [0, 0.1) is 25.2 Å². The molecule has 4 heteroatoms. The highest BCUT2D eigenvalue weighted by atomic mass is 16.2. The van der Waals surface area contributed by atoms with Gasteiger partial charge < -0.3 is 0 Å². The number of rotatable bonds is 1. The van der Waals surface area contributed by atoms with Gasteiger partial charge in [-0.3, -0.25) is 10.2 Å². The lowest BCUT2D eigenvalue weighted by atomic mass is 10.00. The van der Waals surface area contributed by atoms with Crippen molar-refractivity contribution in [3.05, 3.63) is 34.4 Å². The fraction of sp³-hybridized carbons (Fsp3) is 0.200. The van der Waals surface area contributed by atoms with Crippen molar-refractivity contribution in [1.82, 2.24) is 5.43 Å². The van der Waals surface area contributed by atoms with E-state index in [0.29, 0.717) is 11.1 Å². The Morgan fingerprint density at radius 2 is 1.93 bits per heavy atom. The molecule has 4 nitrogen and oxygen atoms in total. The van der Waals surface area contributed by atoms with Crippen molar-refractivity contribution < 1.29 is 4.79 Å². The van der Waals surface area contributed by atoms with E-state index < -0.39 is 0 Å². The molecule has 0 saturated heterocycles. The monoisotopic (exact) mass is 189 g/mol. The number of benzene rings is 1. The quantitative estimate of drug-likeness (QED) is 0.389. The lowest BCUT2D eigenvalue weighted by Crippen LogP contribution is -2.30. The van der Waals surface area contributed by atoms with Gasteiger partial charge in [0.1, 0.15) is 0 Å². The summed E-state index contributed by atoms with van der Waals surface area (Å²) in [6, 6.07) is 5.38. The Labute approximate surface area is 82.3 Å². The number of amides is 1. The molecule has 0 heterocycles. The maximum absolute atomic E-state index is 11.2. The fourth-order valence-electron chi connectivity index (χ4n) is 1.35. The van der Waals surface area contributed by atoms with Gasteiger partial charge in [-0.2, -0.15) is 5.26 Å². The average Bonchev–Trinajstić information content (AvgIpc) is 2.16.